The van der Waals surface area contributed by atoms with Crippen LogP contribution >= 0.6 is 0 Å². The smallest absolute Gasteiger partial charge is 0.0659 e. The standard InChI is InChI=1S/C10H16N2/c1-2-3-6-12-10-5-4-9(7-10)8-11/h9H,2-7H2,1H3/b12-10+. The van der Waals surface area contributed by atoms with Crippen LogP contribution in [0.3, 0.4) is 0 Å². The van der Waals surface area contributed by atoms with Crippen molar-refractivity contribution >= 4 is 5.71 Å². The third-order valence-electron chi connectivity index (χ3n) is 2.29. The Balaban J connectivity index is 2.27. The molecule has 0 amide bonds. The van der Waals surface area contributed by atoms with E-state index in [2.05, 4.69) is 18.0 Å². The van der Waals surface area contributed by atoms with Crippen LogP contribution in [-0.4, -0.2) is 12.3 Å². The fraction of sp³-hybridized carbons (Fsp3) is 0.800. The van der Waals surface area contributed by atoms with E-state index in [4.69, 9.17) is 5.26 Å². The molecule has 0 spiro atoms. The molecule has 1 aliphatic carbocycles. The van der Waals surface area contributed by atoms with E-state index in [1.165, 1.54) is 18.6 Å². The van der Waals surface area contributed by atoms with E-state index in [1.807, 2.05) is 0 Å². The Morgan fingerprint density at radius 2 is 2.50 bits per heavy atom. The van der Waals surface area contributed by atoms with Crippen LogP contribution in [-0.2, 0) is 0 Å². The zero-order valence-corrected chi connectivity index (χ0v) is 7.71. The Kier molecular flexibility index (Phi) is 3.79. The molecule has 1 rings (SSSR count). The minimum atomic E-state index is 0.255. The Labute approximate surface area is 74.3 Å². The monoisotopic (exact) mass is 164 g/mol. The summed E-state index contributed by atoms with van der Waals surface area (Å²) >= 11 is 0. The lowest BCUT2D eigenvalue weighted by Crippen LogP contribution is -1.94. The first kappa shape index (κ1) is 9.25. The maximum atomic E-state index is 8.65. The summed E-state index contributed by atoms with van der Waals surface area (Å²) in [6, 6.07) is 2.30. The van der Waals surface area contributed by atoms with Gasteiger partial charge in [-0.2, -0.15) is 5.26 Å². The largest absolute Gasteiger partial charge is 0.294 e. The van der Waals surface area contributed by atoms with Crippen molar-refractivity contribution in [2.45, 2.75) is 39.0 Å². The van der Waals surface area contributed by atoms with Gasteiger partial charge >= 0.3 is 0 Å². The Hall–Kier alpha value is -0.840. The van der Waals surface area contributed by atoms with Gasteiger partial charge in [-0.25, -0.2) is 0 Å². The third-order valence-corrected chi connectivity index (χ3v) is 2.29. The van der Waals surface area contributed by atoms with E-state index >= 15 is 0 Å². The lowest BCUT2D eigenvalue weighted by atomic mass is 10.1. The first-order valence-corrected chi connectivity index (χ1v) is 4.78. The van der Waals surface area contributed by atoms with Gasteiger partial charge in [0.15, 0.2) is 0 Å². The number of aliphatic imine (C=N–C) groups is 1. The highest BCUT2D eigenvalue weighted by Gasteiger charge is 2.19. The molecule has 0 heterocycles. The first-order valence-electron chi connectivity index (χ1n) is 4.78. The summed E-state index contributed by atoms with van der Waals surface area (Å²) in [4.78, 5) is 4.48. The van der Waals surface area contributed by atoms with Crippen molar-refractivity contribution < 1.29 is 0 Å². The van der Waals surface area contributed by atoms with Crippen LogP contribution in [0.5, 0.6) is 0 Å². The molecule has 0 saturated heterocycles. The molecule has 1 unspecified atom stereocenters. The SMILES string of the molecule is CCCC/N=C1\CCC(C#N)C1. The molecular formula is C10H16N2. The summed E-state index contributed by atoms with van der Waals surface area (Å²) < 4.78 is 0. The topological polar surface area (TPSA) is 36.1 Å². The van der Waals surface area contributed by atoms with Crippen molar-refractivity contribution in [3.63, 3.8) is 0 Å². The highest BCUT2D eigenvalue weighted by molar-refractivity contribution is 5.86. The lowest BCUT2D eigenvalue weighted by Gasteiger charge is -1.95. The maximum Gasteiger partial charge on any atom is 0.0659 e. The van der Waals surface area contributed by atoms with Gasteiger partial charge in [-0.05, 0) is 19.3 Å². The molecule has 1 saturated carbocycles. The summed E-state index contributed by atoms with van der Waals surface area (Å²) in [6.07, 6.45) is 5.41. The van der Waals surface area contributed by atoms with Crippen molar-refractivity contribution in [2.75, 3.05) is 6.54 Å². The van der Waals surface area contributed by atoms with Crippen LogP contribution < -0.4 is 0 Å². The van der Waals surface area contributed by atoms with Gasteiger partial charge in [0, 0.05) is 18.7 Å². The first-order chi connectivity index (χ1) is 5.86. The molecule has 12 heavy (non-hydrogen) atoms. The quantitative estimate of drug-likeness (QED) is 0.590. The fourth-order valence-electron chi connectivity index (χ4n) is 1.48. The highest BCUT2D eigenvalue weighted by Crippen LogP contribution is 2.22. The van der Waals surface area contributed by atoms with Crippen molar-refractivity contribution in [2.24, 2.45) is 10.9 Å². The van der Waals surface area contributed by atoms with Gasteiger partial charge in [-0.1, -0.05) is 13.3 Å². The summed E-state index contributed by atoms with van der Waals surface area (Å²) in [5.41, 5.74) is 1.27. The Morgan fingerprint density at radius 1 is 1.67 bits per heavy atom. The maximum absolute atomic E-state index is 8.65. The van der Waals surface area contributed by atoms with Crippen LogP contribution in [0.1, 0.15) is 39.0 Å². The number of rotatable bonds is 3. The number of unbranched alkanes of at least 4 members (excludes halogenated alkanes) is 1. The average molecular weight is 164 g/mol. The van der Waals surface area contributed by atoms with E-state index in [-0.39, 0.29) is 5.92 Å². The molecule has 1 aliphatic rings. The van der Waals surface area contributed by atoms with E-state index in [9.17, 15) is 0 Å². The number of nitrogens with zero attached hydrogens (tertiary/aromatic N) is 2. The number of nitriles is 1. The molecule has 2 heteroatoms. The van der Waals surface area contributed by atoms with Crippen molar-refractivity contribution in [3.8, 4) is 6.07 Å². The van der Waals surface area contributed by atoms with Crippen LogP contribution in [0.2, 0.25) is 0 Å². The molecule has 0 radical (unpaired) electrons. The minimum Gasteiger partial charge on any atom is -0.294 e. The van der Waals surface area contributed by atoms with E-state index in [1.54, 1.807) is 0 Å². The van der Waals surface area contributed by atoms with Gasteiger partial charge in [0.1, 0.15) is 0 Å². The number of hydrogen-bond donors (Lipinski definition) is 0. The Bertz CT molecular complexity index is 200. The second-order valence-electron chi connectivity index (χ2n) is 3.37. The number of hydrogen-bond acceptors (Lipinski definition) is 2. The molecule has 1 fully saturated rings. The van der Waals surface area contributed by atoms with Crippen molar-refractivity contribution in [1.82, 2.24) is 0 Å². The van der Waals surface area contributed by atoms with Gasteiger partial charge in [0.05, 0.1) is 12.0 Å². The van der Waals surface area contributed by atoms with Gasteiger partial charge in [-0.15, -0.1) is 0 Å². The van der Waals surface area contributed by atoms with Gasteiger partial charge in [0.25, 0.3) is 0 Å². The van der Waals surface area contributed by atoms with Crippen LogP contribution in [0.4, 0.5) is 0 Å². The van der Waals surface area contributed by atoms with Crippen molar-refractivity contribution in [3.05, 3.63) is 0 Å². The molecule has 0 aromatic rings. The van der Waals surface area contributed by atoms with E-state index < -0.39 is 0 Å². The van der Waals surface area contributed by atoms with E-state index in [0.717, 1.165) is 25.8 Å². The molecule has 1 atom stereocenters. The predicted octanol–water partition coefficient (Wildman–Crippen LogP) is 2.55. The summed E-state index contributed by atoms with van der Waals surface area (Å²) in [6.45, 7) is 3.14. The summed E-state index contributed by atoms with van der Waals surface area (Å²) in [5, 5.41) is 8.65. The van der Waals surface area contributed by atoms with Crippen LogP contribution in [0, 0.1) is 17.2 Å². The zero-order chi connectivity index (χ0) is 8.81. The minimum absolute atomic E-state index is 0.255. The fourth-order valence-corrected chi connectivity index (χ4v) is 1.48. The molecule has 0 bridgehead atoms. The van der Waals surface area contributed by atoms with Crippen LogP contribution in [0.15, 0.2) is 4.99 Å². The second-order valence-corrected chi connectivity index (χ2v) is 3.37. The Morgan fingerprint density at radius 3 is 3.08 bits per heavy atom. The van der Waals surface area contributed by atoms with Crippen LogP contribution in [0.25, 0.3) is 0 Å². The molecule has 2 nitrogen and oxygen atoms in total. The molecular weight excluding hydrogens is 148 g/mol. The highest BCUT2D eigenvalue weighted by atomic mass is 14.7. The normalized spacial score (nSPS) is 26.0. The summed E-state index contributed by atoms with van der Waals surface area (Å²) in [5.74, 6) is 0.255. The molecule has 66 valence electrons. The van der Waals surface area contributed by atoms with Gasteiger partial charge in [-0.3, -0.25) is 4.99 Å². The summed E-state index contributed by atoms with van der Waals surface area (Å²) in [7, 11) is 0. The second kappa shape index (κ2) is 4.92. The molecule has 0 aromatic carbocycles. The van der Waals surface area contributed by atoms with Crippen molar-refractivity contribution in [1.29, 1.82) is 5.26 Å². The lowest BCUT2D eigenvalue weighted by molar-refractivity contribution is 0.711. The average Bonchev–Trinajstić information content (AvgIpc) is 2.53. The molecule has 0 aromatic heterocycles. The van der Waals surface area contributed by atoms with E-state index in [0.29, 0.717) is 0 Å². The predicted molar refractivity (Wildman–Crippen MR) is 50.2 cm³/mol. The zero-order valence-electron chi connectivity index (χ0n) is 7.71. The molecule has 0 N–H and O–H groups in total. The van der Waals surface area contributed by atoms with Gasteiger partial charge in [0.2, 0.25) is 0 Å². The van der Waals surface area contributed by atoms with Gasteiger partial charge < -0.3 is 0 Å². The third kappa shape index (κ3) is 2.65. The molecule has 0 aliphatic heterocycles.